The average molecular weight is 347 g/mol. The Balaban J connectivity index is 2.58. The molecule has 1 atom stereocenters. The number of para-hydroxylation sites is 1. The van der Waals surface area contributed by atoms with Crippen molar-refractivity contribution in [2.75, 3.05) is 13.2 Å². The van der Waals surface area contributed by atoms with Crippen molar-refractivity contribution >= 4 is 17.7 Å². The van der Waals surface area contributed by atoms with E-state index >= 15 is 0 Å². The quantitative estimate of drug-likeness (QED) is 0.484. The third-order valence-electron chi connectivity index (χ3n) is 4.01. The van der Waals surface area contributed by atoms with Crippen LogP contribution in [-0.4, -0.2) is 35.0 Å². The SMILES string of the molecule is CCCOC(=O)C1=C(C)N(CC)C(=O)NC1c1ccccc1[N+](=O)[O-]. The molecule has 0 fully saturated rings. The Bertz CT molecular complexity index is 729. The van der Waals surface area contributed by atoms with Crippen LogP contribution in [0, 0.1) is 10.1 Å². The molecule has 1 aliphatic rings. The second-order valence-electron chi connectivity index (χ2n) is 5.58. The molecular formula is C17H21N3O5. The van der Waals surface area contributed by atoms with Gasteiger partial charge in [-0.25, -0.2) is 9.59 Å². The Labute approximate surface area is 145 Å². The zero-order chi connectivity index (χ0) is 18.6. The number of nitro groups is 1. The molecule has 1 aromatic rings. The van der Waals surface area contributed by atoms with Crippen LogP contribution in [0.15, 0.2) is 35.5 Å². The van der Waals surface area contributed by atoms with Gasteiger partial charge in [0.05, 0.1) is 28.7 Å². The van der Waals surface area contributed by atoms with Gasteiger partial charge in [0.1, 0.15) is 0 Å². The first-order valence-electron chi connectivity index (χ1n) is 8.11. The maximum absolute atomic E-state index is 12.6. The molecule has 0 saturated heterocycles. The number of benzene rings is 1. The lowest BCUT2D eigenvalue weighted by Gasteiger charge is -2.34. The van der Waals surface area contributed by atoms with E-state index in [-0.39, 0.29) is 23.4 Å². The molecule has 0 bridgehead atoms. The molecule has 0 aromatic heterocycles. The summed E-state index contributed by atoms with van der Waals surface area (Å²) in [6.45, 7) is 5.90. The fourth-order valence-corrected chi connectivity index (χ4v) is 2.83. The predicted octanol–water partition coefficient (Wildman–Crippen LogP) is 2.91. The Morgan fingerprint density at radius 1 is 1.36 bits per heavy atom. The standard InChI is InChI=1S/C17H21N3O5/c1-4-10-25-16(21)14-11(3)19(5-2)17(22)18-15(14)12-8-6-7-9-13(12)20(23)24/h6-9,15H,4-5,10H2,1-3H3,(H,18,22). The number of urea groups is 1. The van der Waals surface area contributed by atoms with Crippen molar-refractivity contribution in [1.29, 1.82) is 0 Å². The van der Waals surface area contributed by atoms with E-state index in [0.717, 1.165) is 0 Å². The molecule has 2 rings (SSSR count). The first kappa shape index (κ1) is 18.4. The summed E-state index contributed by atoms with van der Waals surface area (Å²) in [5.41, 5.74) is 0.741. The van der Waals surface area contributed by atoms with Crippen LogP contribution in [0.2, 0.25) is 0 Å². The third-order valence-corrected chi connectivity index (χ3v) is 4.01. The zero-order valence-corrected chi connectivity index (χ0v) is 14.4. The van der Waals surface area contributed by atoms with E-state index < -0.39 is 23.0 Å². The van der Waals surface area contributed by atoms with Crippen molar-refractivity contribution in [2.45, 2.75) is 33.2 Å². The Kier molecular flexibility index (Phi) is 5.74. The van der Waals surface area contributed by atoms with Crippen LogP contribution in [0.5, 0.6) is 0 Å². The molecule has 25 heavy (non-hydrogen) atoms. The highest BCUT2D eigenvalue weighted by Crippen LogP contribution is 2.35. The maximum atomic E-state index is 12.6. The van der Waals surface area contributed by atoms with Crippen molar-refractivity contribution in [3.8, 4) is 0 Å². The molecule has 1 aliphatic heterocycles. The molecule has 2 amide bonds. The van der Waals surface area contributed by atoms with Crippen molar-refractivity contribution < 1.29 is 19.2 Å². The number of nitro benzene ring substituents is 1. The Hall–Kier alpha value is -2.90. The van der Waals surface area contributed by atoms with Crippen molar-refractivity contribution in [2.24, 2.45) is 0 Å². The fraction of sp³-hybridized carbons (Fsp3) is 0.412. The summed E-state index contributed by atoms with van der Waals surface area (Å²) < 4.78 is 5.24. The molecule has 0 aliphatic carbocycles. The number of rotatable bonds is 6. The number of carbonyl (C=O) groups excluding carboxylic acids is 2. The highest BCUT2D eigenvalue weighted by atomic mass is 16.6. The molecule has 1 unspecified atom stereocenters. The van der Waals surface area contributed by atoms with Crippen molar-refractivity contribution in [3.63, 3.8) is 0 Å². The monoisotopic (exact) mass is 347 g/mol. The summed E-state index contributed by atoms with van der Waals surface area (Å²) in [6, 6.07) is 4.71. The van der Waals surface area contributed by atoms with Gasteiger partial charge in [0.2, 0.25) is 0 Å². The average Bonchev–Trinajstić information content (AvgIpc) is 2.59. The molecule has 1 aromatic carbocycles. The molecule has 1 N–H and O–H groups in total. The molecule has 0 radical (unpaired) electrons. The van der Waals surface area contributed by atoms with Crippen LogP contribution in [0.25, 0.3) is 0 Å². The van der Waals surface area contributed by atoms with E-state index in [9.17, 15) is 19.7 Å². The molecule has 8 heteroatoms. The van der Waals surface area contributed by atoms with Gasteiger partial charge in [-0.3, -0.25) is 15.0 Å². The van der Waals surface area contributed by atoms with Gasteiger partial charge in [0.15, 0.2) is 0 Å². The van der Waals surface area contributed by atoms with Gasteiger partial charge < -0.3 is 10.1 Å². The van der Waals surface area contributed by atoms with Crippen LogP contribution in [0.4, 0.5) is 10.5 Å². The number of carbonyl (C=O) groups is 2. The first-order valence-corrected chi connectivity index (χ1v) is 8.11. The van der Waals surface area contributed by atoms with Crippen molar-refractivity contribution in [1.82, 2.24) is 10.2 Å². The maximum Gasteiger partial charge on any atom is 0.338 e. The van der Waals surface area contributed by atoms with E-state index in [4.69, 9.17) is 4.74 Å². The fourth-order valence-electron chi connectivity index (χ4n) is 2.83. The van der Waals surface area contributed by atoms with Gasteiger partial charge in [-0.15, -0.1) is 0 Å². The Morgan fingerprint density at radius 3 is 2.64 bits per heavy atom. The van der Waals surface area contributed by atoms with Crippen LogP contribution in [-0.2, 0) is 9.53 Å². The summed E-state index contributed by atoms with van der Waals surface area (Å²) in [5.74, 6) is -0.582. The second-order valence-corrected chi connectivity index (χ2v) is 5.58. The molecule has 0 spiro atoms. The van der Waals surface area contributed by atoms with Gasteiger partial charge >= 0.3 is 12.0 Å². The van der Waals surface area contributed by atoms with Crippen LogP contribution in [0.1, 0.15) is 38.8 Å². The second kappa shape index (κ2) is 7.78. The number of ether oxygens (including phenoxy) is 1. The molecule has 134 valence electrons. The summed E-state index contributed by atoms with van der Waals surface area (Å²) in [7, 11) is 0. The van der Waals surface area contributed by atoms with E-state index in [2.05, 4.69) is 5.32 Å². The van der Waals surface area contributed by atoms with Gasteiger partial charge in [-0.1, -0.05) is 19.1 Å². The minimum absolute atomic E-state index is 0.161. The summed E-state index contributed by atoms with van der Waals surface area (Å²) in [6.07, 6.45) is 0.651. The lowest BCUT2D eigenvalue weighted by molar-refractivity contribution is -0.385. The first-order chi connectivity index (χ1) is 11.9. The highest BCUT2D eigenvalue weighted by Gasteiger charge is 2.38. The van der Waals surface area contributed by atoms with E-state index in [1.165, 1.54) is 23.1 Å². The number of nitrogens with zero attached hydrogens (tertiary/aromatic N) is 2. The van der Waals surface area contributed by atoms with E-state index in [1.807, 2.05) is 6.92 Å². The minimum atomic E-state index is -0.929. The van der Waals surface area contributed by atoms with Gasteiger partial charge in [-0.2, -0.15) is 0 Å². The van der Waals surface area contributed by atoms with E-state index in [0.29, 0.717) is 18.7 Å². The zero-order valence-electron chi connectivity index (χ0n) is 14.4. The van der Waals surface area contributed by atoms with Gasteiger partial charge in [0.25, 0.3) is 5.69 Å². The Morgan fingerprint density at radius 2 is 2.04 bits per heavy atom. The largest absolute Gasteiger partial charge is 0.462 e. The molecule has 1 heterocycles. The van der Waals surface area contributed by atoms with Gasteiger partial charge in [-0.05, 0) is 26.3 Å². The molecule has 8 nitrogen and oxygen atoms in total. The molecule has 0 saturated carbocycles. The number of allylic oxidation sites excluding steroid dienone is 1. The highest BCUT2D eigenvalue weighted by molar-refractivity contribution is 5.95. The van der Waals surface area contributed by atoms with E-state index in [1.54, 1.807) is 19.9 Å². The van der Waals surface area contributed by atoms with Crippen molar-refractivity contribution in [3.05, 3.63) is 51.2 Å². The third kappa shape index (κ3) is 3.62. The smallest absolute Gasteiger partial charge is 0.338 e. The number of esters is 1. The summed E-state index contributed by atoms with van der Waals surface area (Å²) >= 11 is 0. The van der Waals surface area contributed by atoms with Crippen LogP contribution < -0.4 is 5.32 Å². The van der Waals surface area contributed by atoms with Crippen LogP contribution in [0.3, 0.4) is 0 Å². The number of amides is 2. The van der Waals surface area contributed by atoms with Gasteiger partial charge in [0, 0.05) is 18.3 Å². The molecular weight excluding hydrogens is 326 g/mol. The lowest BCUT2D eigenvalue weighted by atomic mass is 9.93. The number of hydrogen-bond donors (Lipinski definition) is 1. The van der Waals surface area contributed by atoms with Crippen LogP contribution >= 0.6 is 0 Å². The number of hydrogen-bond acceptors (Lipinski definition) is 5. The normalized spacial score (nSPS) is 17.3. The number of nitrogens with one attached hydrogen (secondary N) is 1. The predicted molar refractivity (Wildman–Crippen MR) is 90.7 cm³/mol. The summed E-state index contributed by atoms with van der Waals surface area (Å²) in [4.78, 5) is 37.1. The lowest BCUT2D eigenvalue weighted by Crippen LogP contribution is -2.48. The topological polar surface area (TPSA) is 102 Å². The minimum Gasteiger partial charge on any atom is -0.462 e. The summed E-state index contributed by atoms with van der Waals surface area (Å²) in [5, 5.41) is 14.0.